The number of benzene rings is 1. The minimum atomic E-state index is -0.855. The number of likely N-dealkylation sites (tertiary alicyclic amines) is 1. The Hall–Kier alpha value is -1.24. The molecule has 0 aliphatic carbocycles. The first-order valence-corrected chi connectivity index (χ1v) is 6.89. The molecule has 0 aromatic heterocycles. The van der Waals surface area contributed by atoms with Crippen LogP contribution in [0.25, 0.3) is 0 Å². The highest BCUT2D eigenvalue weighted by molar-refractivity contribution is 7.98. The molecule has 2 amide bonds. The second-order valence-corrected chi connectivity index (χ2v) is 5.02. The number of rotatable bonds is 2. The summed E-state index contributed by atoms with van der Waals surface area (Å²) in [6, 6.07) is 7.21. The number of anilines is 1. The number of hydrogen-bond acceptors (Lipinski definition) is 4. The lowest BCUT2D eigenvalue weighted by Crippen LogP contribution is -2.34. The second-order valence-electron chi connectivity index (χ2n) is 4.17. The number of thioether (sulfide) groups is 1. The van der Waals surface area contributed by atoms with E-state index in [1.165, 1.54) is 4.90 Å². The number of carbonyl (C=O) groups excluding carboxylic acids is 1. The first-order chi connectivity index (χ1) is 8.61. The highest BCUT2D eigenvalue weighted by atomic mass is 32.2. The minimum absolute atomic E-state index is 0.161. The summed E-state index contributed by atoms with van der Waals surface area (Å²) < 4.78 is 0. The SMILES string of the molecule is CSc1ccccc1NC(=O)N1C[C@@H](O)[C@@H](O)C1. The number of amides is 2. The zero-order chi connectivity index (χ0) is 13.1. The molecule has 1 aromatic rings. The van der Waals surface area contributed by atoms with E-state index in [1.807, 2.05) is 30.5 Å². The van der Waals surface area contributed by atoms with Crippen molar-refractivity contribution in [1.82, 2.24) is 4.90 Å². The fraction of sp³-hybridized carbons (Fsp3) is 0.417. The number of aliphatic hydroxyl groups excluding tert-OH is 2. The summed E-state index contributed by atoms with van der Waals surface area (Å²) in [5.41, 5.74) is 0.742. The molecule has 0 bridgehead atoms. The van der Waals surface area contributed by atoms with Gasteiger partial charge in [-0.05, 0) is 18.4 Å². The Kier molecular flexibility index (Phi) is 4.11. The van der Waals surface area contributed by atoms with Crippen LogP contribution in [0.15, 0.2) is 29.2 Å². The first kappa shape index (κ1) is 13.2. The fourth-order valence-corrected chi connectivity index (χ4v) is 2.43. The predicted octanol–water partition coefficient (Wildman–Crippen LogP) is 0.978. The second kappa shape index (κ2) is 5.60. The third-order valence-electron chi connectivity index (χ3n) is 2.89. The van der Waals surface area contributed by atoms with Crippen molar-refractivity contribution < 1.29 is 15.0 Å². The van der Waals surface area contributed by atoms with Gasteiger partial charge < -0.3 is 20.4 Å². The molecule has 0 spiro atoms. The quantitative estimate of drug-likeness (QED) is 0.699. The van der Waals surface area contributed by atoms with Gasteiger partial charge in [0.2, 0.25) is 0 Å². The van der Waals surface area contributed by atoms with E-state index in [0.29, 0.717) is 0 Å². The number of hydrogen-bond donors (Lipinski definition) is 3. The number of carbonyl (C=O) groups is 1. The van der Waals surface area contributed by atoms with Crippen molar-refractivity contribution in [3.63, 3.8) is 0 Å². The van der Waals surface area contributed by atoms with Crippen molar-refractivity contribution in [2.45, 2.75) is 17.1 Å². The van der Waals surface area contributed by atoms with Crippen LogP contribution in [0.3, 0.4) is 0 Å². The Morgan fingerprint density at radius 3 is 2.56 bits per heavy atom. The van der Waals surface area contributed by atoms with E-state index >= 15 is 0 Å². The maximum absolute atomic E-state index is 12.0. The minimum Gasteiger partial charge on any atom is -0.388 e. The summed E-state index contributed by atoms with van der Waals surface area (Å²) in [6.45, 7) is 0.322. The van der Waals surface area contributed by atoms with Crippen molar-refractivity contribution in [3.8, 4) is 0 Å². The number of nitrogens with zero attached hydrogens (tertiary/aromatic N) is 1. The smallest absolute Gasteiger partial charge is 0.322 e. The van der Waals surface area contributed by atoms with E-state index in [2.05, 4.69) is 5.32 Å². The van der Waals surface area contributed by atoms with Crippen LogP contribution in [0.2, 0.25) is 0 Å². The molecule has 0 radical (unpaired) electrons. The molecular weight excluding hydrogens is 252 g/mol. The van der Waals surface area contributed by atoms with E-state index in [9.17, 15) is 15.0 Å². The maximum atomic E-state index is 12.0. The van der Waals surface area contributed by atoms with Gasteiger partial charge in [-0.1, -0.05) is 12.1 Å². The van der Waals surface area contributed by atoms with Gasteiger partial charge in [0, 0.05) is 4.90 Å². The summed E-state index contributed by atoms with van der Waals surface area (Å²) >= 11 is 1.55. The standard InChI is InChI=1S/C12H16N2O3S/c1-18-11-5-3-2-4-8(11)13-12(17)14-6-9(15)10(16)7-14/h2-5,9-10,15-16H,6-7H2,1H3,(H,13,17)/t9-,10+. The van der Waals surface area contributed by atoms with Gasteiger partial charge in [0.15, 0.2) is 0 Å². The highest BCUT2D eigenvalue weighted by Crippen LogP contribution is 2.25. The number of β-amino-alcohol motifs (C(OH)–C–C–N with tert-alkyl or cyclic N) is 2. The third-order valence-corrected chi connectivity index (χ3v) is 3.69. The van der Waals surface area contributed by atoms with Gasteiger partial charge in [0.05, 0.1) is 31.0 Å². The number of aliphatic hydroxyl groups is 2. The molecular formula is C12H16N2O3S. The molecule has 1 aromatic carbocycles. The number of para-hydroxylation sites is 1. The van der Waals surface area contributed by atoms with Crippen LogP contribution in [-0.2, 0) is 0 Å². The van der Waals surface area contributed by atoms with Gasteiger partial charge in [0.25, 0.3) is 0 Å². The average molecular weight is 268 g/mol. The molecule has 1 saturated heterocycles. The van der Waals surface area contributed by atoms with Crippen LogP contribution >= 0.6 is 11.8 Å². The Morgan fingerprint density at radius 2 is 1.94 bits per heavy atom. The van der Waals surface area contributed by atoms with Gasteiger partial charge in [-0.25, -0.2) is 4.79 Å². The maximum Gasteiger partial charge on any atom is 0.322 e. The lowest BCUT2D eigenvalue weighted by Gasteiger charge is -2.17. The zero-order valence-corrected chi connectivity index (χ0v) is 10.9. The first-order valence-electron chi connectivity index (χ1n) is 5.67. The summed E-state index contributed by atoms with van der Waals surface area (Å²) in [5, 5.41) is 21.6. The molecule has 0 unspecified atom stereocenters. The number of urea groups is 1. The Labute approximate surface area is 110 Å². The summed E-state index contributed by atoms with van der Waals surface area (Å²) in [7, 11) is 0. The highest BCUT2D eigenvalue weighted by Gasteiger charge is 2.32. The van der Waals surface area contributed by atoms with Gasteiger partial charge in [-0.3, -0.25) is 0 Å². The van der Waals surface area contributed by atoms with Crippen molar-refractivity contribution in [2.24, 2.45) is 0 Å². The van der Waals surface area contributed by atoms with Crippen molar-refractivity contribution in [2.75, 3.05) is 24.7 Å². The predicted molar refractivity (Wildman–Crippen MR) is 70.8 cm³/mol. The van der Waals surface area contributed by atoms with E-state index in [0.717, 1.165) is 10.6 Å². The van der Waals surface area contributed by atoms with Crippen molar-refractivity contribution in [1.29, 1.82) is 0 Å². The van der Waals surface area contributed by atoms with E-state index in [-0.39, 0.29) is 19.1 Å². The molecule has 18 heavy (non-hydrogen) atoms. The van der Waals surface area contributed by atoms with Crippen LogP contribution in [0.1, 0.15) is 0 Å². The van der Waals surface area contributed by atoms with Gasteiger partial charge in [-0.15, -0.1) is 11.8 Å². The molecule has 0 saturated carbocycles. The Morgan fingerprint density at radius 1 is 1.33 bits per heavy atom. The van der Waals surface area contributed by atoms with Crippen LogP contribution in [0.4, 0.5) is 10.5 Å². The van der Waals surface area contributed by atoms with Gasteiger partial charge in [-0.2, -0.15) is 0 Å². The molecule has 2 atom stereocenters. The molecule has 2 rings (SSSR count). The molecule has 1 aliphatic rings. The Balaban J connectivity index is 2.03. The van der Waals surface area contributed by atoms with Crippen LogP contribution in [-0.4, -0.2) is 52.7 Å². The molecule has 6 heteroatoms. The lowest BCUT2D eigenvalue weighted by atomic mass is 10.3. The summed E-state index contributed by atoms with van der Waals surface area (Å²) in [4.78, 5) is 14.3. The molecule has 98 valence electrons. The third kappa shape index (κ3) is 2.77. The van der Waals surface area contributed by atoms with E-state index in [4.69, 9.17) is 0 Å². The van der Waals surface area contributed by atoms with Crippen molar-refractivity contribution >= 4 is 23.5 Å². The lowest BCUT2D eigenvalue weighted by molar-refractivity contribution is 0.0572. The molecule has 1 heterocycles. The normalized spacial score (nSPS) is 23.2. The summed E-state index contributed by atoms with van der Waals surface area (Å²) in [6.07, 6.45) is 0.229. The van der Waals surface area contributed by atoms with Crippen LogP contribution < -0.4 is 5.32 Å². The molecule has 1 fully saturated rings. The molecule has 5 nitrogen and oxygen atoms in total. The number of nitrogens with one attached hydrogen (secondary N) is 1. The Bertz CT molecular complexity index is 431. The van der Waals surface area contributed by atoms with Crippen LogP contribution in [0, 0.1) is 0 Å². The van der Waals surface area contributed by atoms with Gasteiger partial charge >= 0.3 is 6.03 Å². The zero-order valence-electron chi connectivity index (χ0n) is 10.0. The fourth-order valence-electron chi connectivity index (χ4n) is 1.88. The monoisotopic (exact) mass is 268 g/mol. The van der Waals surface area contributed by atoms with E-state index in [1.54, 1.807) is 11.8 Å². The van der Waals surface area contributed by atoms with Crippen molar-refractivity contribution in [3.05, 3.63) is 24.3 Å². The van der Waals surface area contributed by atoms with Crippen LogP contribution in [0.5, 0.6) is 0 Å². The van der Waals surface area contributed by atoms with Gasteiger partial charge in [0.1, 0.15) is 0 Å². The van der Waals surface area contributed by atoms with E-state index < -0.39 is 12.2 Å². The average Bonchev–Trinajstić information content (AvgIpc) is 2.70. The largest absolute Gasteiger partial charge is 0.388 e. The summed E-state index contributed by atoms with van der Waals surface area (Å²) in [5.74, 6) is 0. The molecule has 3 N–H and O–H groups in total. The topological polar surface area (TPSA) is 72.8 Å². The molecule has 1 aliphatic heterocycles.